The molecule has 0 spiro atoms. The number of aliphatic hydroxyl groups is 2. The van der Waals surface area contributed by atoms with E-state index in [1.807, 2.05) is 24.3 Å². The van der Waals surface area contributed by atoms with Crippen LogP contribution >= 0.6 is 0 Å². The highest BCUT2D eigenvalue weighted by molar-refractivity contribution is 7.96. The highest BCUT2D eigenvalue weighted by Crippen LogP contribution is 2.12. The number of aliphatic hydroxyl groups excluding tert-OH is 2. The molecule has 128 valence electrons. The van der Waals surface area contributed by atoms with Gasteiger partial charge in [-0.05, 0) is 23.0 Å². The summed E-state index contributed by atoms with van der Waals surface area (Å²) in [5.74, 6) is 2.35. The Morgan fingerprint density at radius 2 is 1.45 bits per heavy atom. The van der Waals surface area contributed by atoms with Crippen molar-refractivity contribution in [3.8, 4) is 0 Å². The van der Waals surface area contributed by atoms with Crippen molar-refractivity contribution in [1.29, 1.82) is 0 Å². The van der Waals surface area contributed by atoms with E-state index in [4.69, 9.17) is 10.2 Å². The van der Waals surface area contributed by atoms with Crippen LogP contribution < -0.4 is 0 Å². The van der Waals surface area contributed by atoms with Gasteiger partial charge in [-0.3, -0.25) is 4.21 Å². The second-order valence-corrected chi connectivity index (χ2v) is 7.91. The Balaban J connectivity index is 0.000000763. The van der Waals surface area contributed by atoms with E-state index in [1.165, 1.54) is 5.56 Å². The maximum absolute atomic E-state index is 11.2. The summed E-state index contributed by atoms with van der Waals surface area (Å²) in [5.41, 5.74) is 1.17. The molecular weight excluding hydrogens is 343 g/mol. The molecule has 1 unspecified atom stereocenters. The fraction of sp³-hybridized carbons (Fsp3) is 0.500. The van der Waals surface area contributed by atoms with Crippen LogP contribution in [0.15, 0.2) is 29.2 Å². The summed E-state index contributed by atoms with van der Waals surface area (Å²) in [7, 11) is -6.90. The van der Waals surface area contributed by atoms with Gasteiger partial charge in [0.1, 0.15) is 17.3 Å². The third kappa shape index (κ3) is 12.0. The van der Waals surface area contributed by atoms with Crippen LogP contribution in [0.3, 0.4) is 0 Å². The maximum atomic E-state index is 11.2. The number of halogens is 4. The van der Waals surface area contributed by atoms with Gasteiger partial charge in [-0.25, -0.2) is 0 Å². The summed E-state index contributed by atoms with van der Waals surface area (Å²) < 4.78 is 50.2. The molecule has 0 aliphatic carbocycles. The maximum Gasteiger partial charge on any atom is 0.673 e. The molecule has 1 rings (SSSR count). The monoisotopic (exact) mass is 362 g/mol. The van der Waals surface area contributed by atoms with E-state index >= 15 is 0 Å². The molecule has 0 aromatic heterocycles. The Kier molecular flexibility index (Phi) is 10.7. The largest absolute Gasteiger partial charge is 0.673 e. The van der Waals surface area contributed by atoms with Crippen molar-refractivity contribution in [3.05, 3.63) is 29.8 Å². The predicted octanol–water partition coefficient (Wildman–Crippen LogP) is 1.83. The number of benzene rings is 1. The fourth-order valence-electron chi connectivity index (χ4n) is 1.52. The second kappa shape index (κ2) is 11.0. The lowest BCUT2D eigenvalue weighted by molar-refractivity contribution is 0.316. The van der Waals surface area contributed by atoms with E-state index in [-0.39, 0.29) is 24.1 Å². The molecule has 22 heavy (non-hydrogen) atoms. The molecule has 0 saturated carbocycles. The zero-order valence-electron chi connectivity index (χ0n) is 12.1. The summed E-state index contributed by atoms with van der Waals surface area (Å²) >= 11 is 0. The number of hydrogen-bond acceptors (Lipinski definition) is 3. The van der Waals surface area contributed by atoms with Gasteiger partial charge in [0.25, 0.3) is 0 Å². The van der Waals surface area contributed by atoms with Gasteiger partial charge in [0.15, 0.2) is 0 Å². The zero-order valence-corrected chi connectivity index (χ0v) is 13.7. The van der Waals surface area contributed by atoms with E-state index in [0.29, 0.717) is 0 Å². The third-order valence-corrected chi connectivity index (χ3v) is 5.58. The average molecular weight is 362 g/mol. The van der Waals surface area contributed by atoms with Gasteiger partial charge >= 0.3 is 7.25 Å². The van der Waals surface area contributed by atoms with E-state index in [1.54, 1.807) is 6.26 Å². The van der Waals surface area contributed by atoms with E-state index in [0.717, 1.165) is 22.2 Å². The molecule has 3 nitrogen and oxygen atoms in total. The topological polar surface area (TPSA) is 57.5 Å². The molecule has 0 heterocycles. The second-order valence-electron chi connectivity index (χ2n) is 4.21. The first-order valence-electron chi connectivity index (χ1n) is 6.33. The Labute approximate surface area is 132 Å². The summed E-state index contributed by atoms with van der Waals surface area (Å²) in [6.45, 7) is 0.334. The van der Waals surface area contributed by atoms with Gasteiger partial charge in [0, 0.05) is 27.5 Å². The van der Waals surface area contributed by atoms with Crippen molar-refractivity contribution in [3.63, 3.8) is 0 Å². The van der Waals surface area contributed by atoms with Crippen LogP contribution in [0, 0.1) is 0 Å². The highest BCUT2D eigenvalue weighted by Gasteiger charge is 2.20. The molecule has 0 aliphatic heterocycles. The van der Waals surface area contributed by atoms with Crippen LogP contribution in [0.1, 0.15) is 5.56 Å². The highest BCUT2D eigenvalue weighted by atomic mass is 32.2. The number of rotatable bonds is 7. The first-order chi connectivity index (χ1) is 10.2. The average Bonchev–Trinajstić information content (AvgIpc) is 2.38. The number of hydrogen-bond donors (Lipinski definition) is 2. The van der Waals surface area contributed by atoms with Crippen molar-refractivity contribution in [2.45, 2.75) is 10.6 Å². The lowest BCUT2D eigenvalue weighted by Crippen LogP contribution is -2.19. The van der Waals surface area contributed by atoms with Gasteiger partial charge in [0.2, 0.25) is 0 Å². The zero-order chi connectivity index (χ0) is 17.2. The third-order valence-electron chi connectivity index (χ3n) is 2.39. The summed E-state index contributed by atoms with van der Waals surface area (Å²) in [6, 6.07) is 7.71. The lowest BCUT2D eigenvalue weighted by atomic mass is 10.2. The minimum atomic E-state index is -6.00. The summed E-state index contributed by atoms with van der Waals surface area (Å²) in [5, 5.41) is 17.9. The Morgan fingerprint density at radius 3 is 1.77 bits per heavy atom. The fourth-order valence-corrected chi connectivity index (χ4v) is 3.71. The molecule has 10 heteroatoms. The van der Waals surface area contributed by atoms with Crippen LogP contribution in [-0.2, 0) is 27.4 Å². The molecule has 1 aromatic rings. The van der Waals surface area contributed by atoms with Crippen molar-refractivity contribution in [2.75, 3.05) is 31.0 Å². The minimum absolute atomic E-state index is 0.0313. The molecule has 1 aromatic carbocycles. The van der Waals surface area contributed by atoms with Crippen LogP contribution in [-0.4, -0.2) is 52.7 Å². The lowest BCUT2D eigenvalue weighted by Gasteiger charge is -2.06. The molecule has 1 atom stereocenters. The minimum Gasteiger partial charge on any atom is -0.418 e. The quantitative estimate of drug-likeness (QED) is 0.442. The molecule has 0 radical (unpaired) electrons. The SMILES string of the molecule is CS(=O)c1ccc(C[S+](CCO)CCO)cc1.F[B-](F)(F)F. The molecule has 0 fully saturated rings. The summed E-state index contributed by atoms with van der Waals surface area (Å²) in [6.07, 6.45) is 1.66. The Hall–Kier alpha value is -0.575. The van der Waals surface area contributed by atoms with Crippen LogP contribution in [0.5, 0.6) is 0 Å². The van der Waals surface area contributed by atoms with Crippen LogP contribution in [0.2, 0.25) is 0 Å². The smallest absolute Gasteiger partial charge is 0.418 e. The van der Waals surface area contributed by atoms with E-state index < -0.39 is 18.1 Å². The van der Waals surface area contributed by atoms with E-state index in [9.17, 15) is 21.5 Å². The normalized spacial score (nSPS) is 12.7. The van der Waals surface area contributed by atoms with Gasteiger partial charge in [-0.1, -0.05) is 12.1 Å². The predicted molar refractivity (Wildman–Crippen MR) is 83.9 cm³/mol. The Morgan fingerprint density at radius 1 is 1.05 bits per heavy atom. The molecule has 2 N–H and O–H groups in total. The molecule has 0 bridgehead atoms. The molecular formula is C12H19BF4O3S2. The van der Waals surface area contributed by atoms with Gasteiger partial charge in [-0.15, -0.1) is 0 Å². The Bertz CT molecular complexity index is 431. The molecule has 0 aliphatic rings. The van der Waals surface area contributed by atoms with Crippen LogP contribution in [0.4, 0.5) is 17.3 Å². The van der Waals surface area contributed by atoms with Gasteiger partial charge < -0.3 is 27.5 Å². The van der Waals surface area contributed by atoms with Crippen LogP contribution in [0.25, 0.3) is 0 Å². The van der Waals surface area contributed by atoms with Gasteiger partial charge in [-0.2, -0.15) is 0 Å². The first-order valence-corrected chi connectivity index (χ1v) is 9.62. The van der Waals surface area contributed by atoms with Crippen molar-refractivity contribution < 1.29 is 31.7 Å². The van der Waals surface area contributed by atoms with E-state index in [2.05, 4.69) is 0 Å². The van der Waals surface area contributed by atoms with Crippen molar-refractivity contribution in [1.82, 2.24) is 0 Å². The molecule has 0 amide bonds. The standard InChI is InChI=1S/C12H19O3S2.BF4/c1-16(15)12-4-2-11(3-5-12)10-17(8-6-13)9-7-14;2-1(3,4)5/h2-5,13-14H,6-10H2,1H3;/q+1;-1. The van der Waals surface area contributed by atoms with Crippen molar-refractivity contribution >= 4 is 28.9 Å². The summed E-state index contributed by atoms with van der Waals surface area (Å²) in [4.78, 5) is 0.831. The van der Waals surface area contributed by atoms with Gasteiger partial charge in [0.05, 0.1) is 13.2 Å². The first kappa shape index (κ1) is 21.4. The molecule has 0 saturated heterocycles. The van der Waals surface area contributed by atoms with Crippen molar-refractivity contribution in [2.24, 2.45) is 0 Å².